The van der Waals surface area contributed by atoms with Gasteiger partial charge < -0.3 is 0 Å². The monoisotopic (exact) mass is 125 g/mol. The molecule has 36 valence electrons. The summed E-state index contributed by atoms with van der Waals surface area (Å²) < 4.78 is 8.26. The van der Waals surface area contributed by atoms with Crippen molar-refractivity contribution in [3.63, 3.8) is 0 Å². The van der Waals surface area contributed by atoms with Crippen LogP contribution in [-0.4, -0.2) is 18.6 Å². The van der Waals surface area contributed by atoms with Gasteiger partial charge in [-0.3, -0.25) is 0 Å². The van der Waals surface area contributed by atoms with Gasteiger partial charge in [0.15, 0.2) is 0 Å². The van der Waals surface area contributed by atoms with E-state index in [1.54, 1.807) is 0 Å². The zero-order chi connectivity index (χ0) is 4.24. The third-order valence-electron chi connectivity index (χ3n) is 0.593. The molecule has 1 aliphatic heterocycles. The predicted molar refractivity (Wildman–Crippen MR) is 18.8 cm³/mol. The Morgan fingerprint density at radius 3 is 2.83 bits per heavy atom. The van der Waals surface area contributed by atoms with Crippen LogP contribution in [0.1, 0.15) is 0 Å². The fraction of sp³-hybridized carbons (Fsp3) is 1.00. The molecule has 1 rings (SSSR count). The maximum absolute atomic E-state index is 5.03. The molecule has 0 amide bonds. The van der Waals surface area contributed by atoms with Gasteiger partial charge in [-0.25, -0.2) is 0 Å². The molecule has 0 aliphatic carbocycles. The van der Waals surface area contributed by atoms with Gasteiger partial charge in [-0.05, 0) is 0 Å². The van der Waals surface area contributed by atoms with Crippen LogP contribution in [0.4, 0.5) is 0 Å². The SMILES string of the molecule is C1CO[CH2][Cr][NH]1. The Balaban J connectivity index is 2.00. The summed E-state index contributed by atoms with van der Waals surface area (Å²) in [5.41, 5.74) is 0.951. The molecule has 0 aromatic rings. The Morgan fingerprint density at radius 1 is 1.67 bits per heavy atom. The molecule has 0 spiro atoms. The molecule has 0 aromatic carbocycles. The van der Waals surface area contributed by atoms with Crippen LogP contribution in [0, 0.1) is 0 Å². The van der Waals surface area contributed by atoms with Gasteiger partial charge in [-0.1, -0.05) is 0 Å². The number of hydrogen-bond donors (Lipinski definition) is 1. The van der Waals surface area contributed by atoms with Crippen molar-refractivity contribution >= 4 is 0 Å². The van der Waals surface area contributed by atoms with Gasteiger partial charge in [0.2, 0.25) is 0 Å². The molecule has 3 heteroatoms. The predicted octanol–water partition coefficient (Wildman–Crippen LogP) is -0.439. The fourth-order valence-corrected chi connectivity index (χ4v) is 1.13. The van der Waals surface area contributed by atoms with Gasteiger partial charge in [0.1, 0.15) is 0 Å². The summed E-state index contributed by atoms with van der Waals surface area (Å²) in [5, 5.41) is 0. The van der Waals surface area contributed by atoms with Crippen LogP contribution >= 0.6 is 0 Å². The van der Waals surface area contributed by atoms with Crippen LogP contribution in [-0.2, 0) is 20.2 Å². The second-order valence-electron chi connectivity index (χ2n) is 1.06. The van der Waals surface area contributed by atoms with E-state index >= 15 is 0 Å². The van der Waals surface area contributed by atoms with E-state index < -0.39 is 0 Å². The van der Waals surface area contributed by atoms with E-state index in [2.05, 4.69) is 4.30 Å². The molecule has 1 aliphatic rings. The van der Waals surface area contributed by atoms with E-state index in [0.717, 1.165) is 18.6 Å². The molecule has 1 heterocycles. The fourth-order valence-electron chi connectivity index (χ4n) is 0.328. The first-order valence-electron chi connectivity index (χ1n) is 1.92. The van der Waals surface area contributed by atoms with Crippen LogP contribution in [0.2, 0.25) is 0 Å². The zero-order valence-corrected chi connectivity index (χ0v) is 4.71. The molecule has 0 saturated carbocycles. The zero-order valence-electron chi connectivity index (χ0n) is 3.44. The summed E-state index contributed by atoms with van der Waals surface area (Å²) in [7, 11) is 0. The first-order valence-corrected chi connectivity index (χ1v) is 3.46. The van der Waals surface area contributed by atoms with E-state index in [-0.39, 0.29) is 0 Å². The molecule has 0 atom stereocenters. The second kappa shape index (κ2) is 2.60. The molecule has 1 N–H and O–H groups in total. The molecule has 1 fully saturated rings. The second-order valence-corrected chi connectivity index (χ2v) is 2.33. The molecule has 0 radical (unpaired) electrons. The van der Waals surface area contributed by atoms with Crippen molar-refractivity contribution in [3.05, 3.63) is 0 Å². The van der Waals surface area contributed by atoms with Crippen LogP contribution < -0.4 is 4.30 Å². The summed E-state index contributed by atoms with van der Waals surface area (Å²) in [6, 6.07) is 0. The van der Waals surface area contributed by atoms with Crippen molar-refractivity contribution in [1.29, 1.82) is 0 Å². The van der Waals surface area contributed by atoms with Crippen molar-refractivity contribution < 1.29 is 20.2 Å². The first kappa shape index (κ1) is 4.61. The van der Waals surface area contributed by atoms with E-state index in [9.17, 15) is 0 Å². The van der Waals surface area contributed by atoms with Crippen molar-refractivity contribution in [2.45, 2.75) is 0 Å². The van der Waals surface area contributed by atoms with Crippen LogP contribution in [0.5, 0.6) is 0 Å². The molecule has 0 unspecified atom stereocenters. The minimum atomic E-state index is 0.582. The average Bonchev–Trinajstić information content (AvgIpc) is 1.72. The van der Waals surface area contributed by atoms with Gasteiger partial charge in [0.05, 0.1) is 0 Å². The van der Waals surface area contributed by atoms with Crippen molar-refractivity contribution in [2.75, 3.05) is 18.6 Å². The minimum absolute atomic E-state index is 0.582. The maximum atomic E-state index is 5.03. The molecule has 0 aromatic heterocycles. The third-order valence-corrected chi connectivity index (χ3v) is 1.67. The molecule has 1 saturated heterocycles. The Morgan fingerprint density at radius 2 is 2.67 bits per heavy atom. The Bertz CT molecular complexity index is 26.3. The molecule has 2 nitrogen and oxygen atoms in total. The van der Waals surface area contributed by atoms with Gasteiger partial charge in [0.25, 0.3) is 0 Å². The van der Waals surface area contributed by atoms with E-state index in [1.165, 1.54) is 0 Å². The Labute approximate surface area is 43.8 Å². The van der Waals surface area contributed by atoms with Crippen molar-refractivity contribution in [2.24, 2.45) is 0 Å². The van der Waals surface area contributed by atoms with Gasteiger partial charge in [0, 0.05) is 0 Å². The summed E-state index contributed by atoms with van der Waals surface area (Å²) in [4.78, 5) is 0. The van der Waals surface area contributed by atoms with Gasteiger partial charge in [-0.15, -0.1) is 0 Å². The van der Waals surface area contributed by atoms with E-state index in [0.29, 0.717) is 15.4 Å². The molecule has 6 heavy (non-hydrogen) atoms. The molecule has 0 bridgehead atoms. The number of nitrogens with one attached hydrogen (secondary N) is 1. The Hall–Kier alpha value is 0.452. The van der Waals surface area contributed by atoms with Gasteiger partial charge in [-0.2, -0.15) is 0 Å². The van der Waals surface area contributed by atoms with E-state index in [4.69, 9.17) is 4.74 Å². The standard InChI is InChI=1S/C3H7NO.Cr/c1-5-3-2-4;/h4H,1-3H2;/q-1;+1. The molecular formula is C3H7CrNO. The summed E-state index contributed by atoms with van der Waals surface area (Å²) in [5.74, 6) is 0. The Kier molecular flexibility index (Phi) is 1.99. The first-order chi connectivity index (χ1) is 3.00. The van der Waals surface area contributed by atoms with Crippen LogP contribution in [0.3, 0.4) is 0 Å². The molecular weight excluding hydrogens is 118 g/mol. The third kappa shape index (κ3) is 1.27. The van der Waals surface area contributed by atoms with Crippen molar-refractivity contribution in [3.8, 4) is 0 Å². The normalized spacial score (nSPS) is 24.0. The van der Waals surface area contributed by atoms with Crippen LogP contribution in [0.25, 0.3) is 0 Å². The summed E-state index contributed by atoms with van der Waals surface area (Å²) >= 11 is 0.582. The quantitative estimate of drug-likeness (QED) is 0.474. The summed E-state index contributed by atoms with van der Waals surface area (Å²) in [6.07, 6.45) is 0. The topological polar surface area (TPSA) is 21.3 Å². The number of rotatable bonds is 0. The number of hydrogen-bond acceptors (Lipinski definition) is 2. The van der Waals surface area contributed by atoms with Crippen LogP contribution in [0.15, 0.2) is 0 Å². The van der Waals surface area contributed by atoms with Crippen molar-refractivity contribution in [1.82, 2.24) is 4.30 Å². The number of ether oxygens (including phenoxy) is 1. The average molecular weight is 125 g/mol. The van der Waals surface area contributed by atoms with E-state index in [1.807, 2.05) is 0 Å². The summed E-state index contributed by atoms with van der Waals surface area (Å²) in [6.45, 7) is 1.96. The van der Waals surface area contributed by atoms with Gasteiger partial charge >= 0.3 is 43.1 Å².